The third-order valence-corrected chi connectivity index (χ3v) is 5.38. The van der Waals surface area contributed by atoms with Gasteiger partial charge in [-0.3, -0.25) is 0 Å². The molecule has 0 spiro atoms. The van der Waals surface area contributed by atoms with Gasteiger partial charge in [-0.15, -0.1) is 0 Å². The summed E-state index contributed by atoms with van der Waals surface area (Å²) in [6.45, 7) is 6.61. The van der Waals surface area contributed by atoms with E-state index in [-0.39, 0.29) is 11.9 Å². The number of hydrogen-bond acceptors (Lipinski definition) is 2. The molecular formula is C18H24FNO. The highest BCUT2D eigenvalue weighted by Gasteiger charge is 2.31. The van der Waals surface area contributed by atoms with Gasteiger partial charge in [0, 0.05) is 10.9 Å². The van der Waals surface area contributed by atoms with Gasteiger partial charge in [0.2, 0.25) is 0 Å². The molecule has 3 heteroatoms. The van der Waals surface area contributed by atoms with Crippen molar-refractivity contribution in [2.45, 2.75) is 46.1 Å². The Balaban J connectivity index is 1.91. The zero-order valence-electron chi connectivity index (χ0n) is 13.0. The van der Waals surface area contributed by atoms with Crippen LogP contribution in [0, 0.1) is 30.5 Å². The maximum Gasteiger partial charge on any atom is 0.134 e. The number of hydrogen-bond donors (Lipinski definition) is 1. The number of nitrogens with two attached hydrogens (primary N) is 1. The molecule has 0 saturated heterocycles. The second kappa shape index (κ2) is 5.45. The molecule has 0 bridgehead atoms. The van der Waals surface area contributed by atoms with E-state index in [0.717, 1.165) is 41.1 Å². The van der Waals surface area contributed by atoms with Crippen molar-refractivity contribution in [1.82, 2.24) is 0 Å². The average Bonchev–Trinajstić information content (AvgIpc) is 2.78. The van der Waals surface area contributed by atoms with Crippen molar-refractivity contribution < 1.29 is 8.81 Å². The number of aryl methyl sites for hydroxylation is 1. The second-order valence-corrected chi connectivity index (χ2v) is 6.79. The van der Waals surface area contributed by atoms with Crippen LogP contribution in [-0.2, 0) is 0 Å². The Hall–Kier alpha value is -1.35. The first-order chi connectivity index (χ1) is 9.97. The summed E-state index contributed by atoms with van der Waals surface area (Å²) >= 11 is 0. The lowest BCUT2D eigenvalue weighted by atomic mass is 9.73. The van der Waals surface area contributed by atoms with E-state index in [1.165, 1.54) is 18.6 Å². The second-order valence-electron chi connectivity index (χ2n) is 6.79. The minimum Gasteiger partial charge on any atom is -0.459 e. The normalized spacial score (nSPS) is 28.0. The molecule has 114 valence electrons. The minimum absolute atomic E-state index is 0.0876. The molecule has 4 atom stereocenters. The topological polar surface area (TPSA) is 39.2 Å². The molecule has 2 aromatic rings. The van der Waals surface area contributed by atoms with E-state index in [1.54, 1.807) is 6.07 Å². The molecule has 1 aliphatic rings. The highest BCUT2D eigenvalue weighted by Crippen LogP contribution is 2.41. The number of halogens is 1. The molecular weight excluding hydrogens is 265 g/mol. The molecule has 1 heterocycles. The fraction of sp³-hybridized carbons (Fsp3) is 0.556. The molecule has 1 aromatic heterocycles. The number of fused-ring (bicyclic) bond motifs is 1. The Morgan fingerprint density at radius 1 is 1.24 bits per heavy atom. The maximum atomic E-state index is 13.4. The minimum atomic E-state index is -0.230. The molecule has 2 nitrogen and oxygen atoms in total. The van der Waals surface area contributed by atoms with E-state index < -0.39 is 0 Å². The van der Waals surface area contributed by atoms with Crippen LogP contribution in [0.5, 0.6) is 0 Å². The lowest BCUT2D eigenvalue weighted by Crippen LogP contribution is -2.29. The Labute approximate surface area is 125 Å². The summed E-state index contributed by atoms with van der Waals surface area (Å²) in [7, 11) is 0. The predicted molar refractivity (Wildman–Crippen MR) is 83.5 cm³/mol. The van der Waals surface area contributed by atoms with Gasteiger partial charge in [-0.25, -0.2) is 4.39 Å². The summed E-state index contributed by atoms with van der Waals surface area (Å²) in [6, 6.07) is 4.58. The fourth-order valence-electron chi connectivity index (χ4n) is 3.66. The van der Waals surface area contributed by atoms with E-state index in [0.29, 0.717) is 11.8 Å². The van der Waals surface area contributed by atoms with Crippen molar-refractivity contribution >= 4 is 11.0 Å². The van der Waals surface area contributed by atoms with Crippen LogP contribution in [0.25, 0.3) is 11.0 Å². The lowest BCUT2D eigenvalue weighted by molar-refractivity contribution is 0.177. The van der Waals surface area contributed by atoms with Crippen LogP contribution in [-0.4, -0.2) is 0 Å². The molecule has 1 aromatic carbocycles. The molecule has 0 amide bonds. The van der Waals surface area contributed by atoms with Crippen LogP contribution >= 0.6 is 0 Å². The van der Waals surface area contributed by atoms with E-state index in [9.17, 15) is 4.39 Å². The first-order valence-electron chi connectivity index (χ1n) is 7.91. The average molecular weight is 289 g/mol. The van der Waals surface area contributed by atoms with Crippen LogP contribution < -0.4 is 5.73 Å². The zero-order chi connectivity index (χ0) is 15.1. The summed E-state index contributed by atoms with van der Waals surface area (Å²) in [5, 5.41) is 0.845. The largest absolute Gasteiger partial charge is 0.459 e. The molecule has 0 radical (unpaired) electrons. The van der Waals surface area contributed by atoms with Crippen LogP contribution in [0.15, 0.2) is 22.6 Å². The Bertz CT molecular complexity index is 648. The van der Waals surface area contributed by atoms with E-state index in [4.69, 9.17) is 10.2 Å². The molecule has 2 N–H and O–H groups in total. The first-order valence-corrected chi connectivity index (χ1v) is 7.91. The summed E-state index contributed by atoms with van der Waals surface area (Å²) in [5.74, 6) is 2.55. The van der Waals surface area contributed by atoms with Gasteiger partial charge in [0.05, 0.1) is 6.04 Å². The smallest absolute Gasteiger partial charge is 0.134 e. The van der Waals surface area contributed by atoms with Crippen molar-refractivity contribution in [1.29, 1.82) is 0 Å². The Morgan fingerprint density at radius 2 is 2.00 bits per heavy atom. The maximum absolute atomic E-state index is 13.4. The first kappa shape index (κ1) is 14.6. The Kier molecular flexibility index (Phi) is 3.78. The van der Waals surface area contributed by atoms with Crippen molar-refractivity contribution in [3.63, 3.8) is 0 Å². The monoisotopic (exact) mass is 289 g/mol. The lowest BCUT2D eigenvalue weighted by Gasteiger charge is -2.34. The standard InChI is InChI=1S/C18H24FNO/c1-10-4-5-13(8-11(10)2)17(20)18-12(3)15-9-14(19)6-7-16(15)21-18/h6-7,9-11,13,17H,4-5,8,20H2,1-3H3. The summed E-state index contributed by atoms with van der Waals surface area (Å²) in [5.41, 5.74) is 8.21. The number of benzene rings is 1. The molecule has 1 fully saturated rings. The van der Waals surface area contributed by atoms with Gasteiger partial charge < -0.3 is 10.2 Å². The fourth-order valence-corrected chi connectivity index (χ4v) is 3.66. The van der Waals surface area contributed by atoms with Gasteiger partial charge in [0.25, 0.3) is 0 Å². The van der Waals surface area contributed by atoms with Gasteiger partial charge in [-0.05, 0) is 55.7 Å². The highest BCUT2D eigenvalue weighted by atomic mass is 19.1. The Morgan fingerprint density at radius 3 is 2.71 bits per heavy atom. The molecule has 1 aliphatic carbocycles. The van der Waals surface area contributed by atoms with Gasteiger partial charge in [-0.2, -0.15) is 0 Å². The van der Waals surface area contributed by atoms with E-state index >= 15 is 0 Å². The van der Waals surface area contributed by atoms with Crippen molar-refractivity contribution in [3.8, 4) is 0 Å². The van der Waals surface area contributed by atoms with E-state index in [2.05, 4.69) is 13.8 Å². The molecule has 3 rings (SSSR count). The highest BCUT2D eigenvalue weighted by molar-refractivity contribution is 5.82. The van der Waals surface area contributed by atoms with Crippen LogP contribution in [0.2, 0.25) is 0 Å². The molecule has 21 heavy (non-hydrogen) atoms. The predicted octanol–water partition coefficient (Wildman–Crippen LogP) is 4.95. The van der Waals surface area contributed by atoms with Gasteiger partial charge in [0.15, 0.2) is 0 Å². The zero-order valence-corrected chi connectivity index (χ0v) is 13.0. The van der Waals surface area contributed by atoms with Crippen molar-refractivity contribution in [2.75, 3.05) is 0 Å². The van der Waals surface area contributed by atoms with Gasteiger partial charge in [-0.1, -0.05) is 20.3 Å². The quantitative estimate of drug-likeness (QED) is 0.849. The van der Waals surface area contributed by atoms with Crippen LogP contribution in [0.4, 0.5) is 4.39 Å². The van der Waals surface area contributed by atoms with Crippen molar-refractivity contribution in [3.05, 3.63) is 35.3 Å². The SMILES string of the molecule is Cc1c(C(N)C2CCC(C)C(C)C2)oc2ccc(F)cc12. The van der Waals surface area contributed by atoms with E-state index in [1.807, 2.05) is 6.92 Å². The van der Waals surface area contributed by atoms with Crippen LogP contribution in [0.1, 0.15) is 50.5 Å². The third-order valence-electron chi connectivity index (χ3n) is 5.38. The van der Waals surface area contributed by atoms with Gasteiger partial charge >= 0.3 is 0 Å². The molecule has 4 unspecified atom stereocenters. The van der Waals surface area contributed by atoms with Gasteiger partial charge in [0.1, 0.15) is 17.2 Å². The number of rotatable bonds is 2. The molecule has 0 aliphatic heterocycles. The summed E-state index contributed by atoms with van der Waals surface area (Å²) in [6.07, 6.45) is 3.53. The summed E-state index contributed by atoms with van der Waals surface area (Å²) in [4.78, 5) is 0. The van der Waals surface area contributed by atoms with Crippen LogP contribution in [0.3, 0.4) is 0 Å². The summed E-state index contributed by atoms with van der Waals surface area (Å²) < 4.78 is 19.3. The third kappa shape index (κ3) is 2.59. The van der Waals surface area contributed by atoms with Crippen molar-refractivity contribution in [2.24, 2.45) is 23.5 Å². The number of furan rings is 1. The molecule has 1 saturated carbocycles.